The second-order valence-electron chi connectivity index (χ2n) is 5.03. The summed E-state index contributed by atoms with van der Waals surface area (Å²) in [4.78, 5) is 15.2. The molecule has 2 heterocycles. The Morgan fingerprint density at radius 3 is 2.74 bits per heavy atom. The van der Waals surface area contributed by atoms with Crippen molar-refractivity contribution in [3.8, 4) is 5.75 Å². The smallest absolute Gasteiger partial charge is 0.256 e. The molecule has 0 saturated carbocycles. The SMILES string of the molecule is COc1ccc2c(=O)[nH]c(C3CCNCC3)cc2c1. The third-order valence-electron chi connectivity index (χ3n) is 3.85. The molecule has 1 aromatic heterocycles. The third-order valence-corrected chi connectivity index (χ3v) is 3.85. The highest BCUT2D eigenvalue weighted by molar-refractivity contribution is 5.83. The van der Waals surface area contributed by atoms with Gasteiger partial charge in [0.2, 0.25) is 0 Å². The third kappa shape index (κ3) is 2.36. The molecule has 0 aliphatic carbocycles. The van der Waals surface area contributed by atoms with E-state index in [0.717, 1.165) is 48.1 Å². The molecule has 1 fully saturated rings. The molecule has 0 radical (unpaired) electrons. The van der Waals surface area contributed by atoms with Gasteiger partial charge in [0.05, 0.1) is 7.11 Å². The van der Waals surface area contributed by atoms with Crippen molar-refractivity contribution in [2.75, 3.05) is 20.2 Å². The quantitative estimate of drug-likeness (QED) is 0.866. The average molecular weight is 258 g/mol. The molecular weight excluding hydrogens is 240 g/mol. The fraction of sp³-hybridized carbons (Fsp3) is 0.400. The number of aromatic amines is 1. The molecule has 1 saturated heterocycles. The van der Waals surface area contributed by atoms with E-state index < -0.39 is 0 Å². The fourth-order valence-corrected chi connectivity index (χ4v) is 2.75. The van der Waals surface area contributed by atoms with Crippen molar-refractivity contribution >= 4 is 10.8 Å². The molecule has 1 aliphatic heterocycles. The zero-order valence-electron chi connectivity index (χ0n) is 11.0. The van der Waals surface area contributed by atoms with Gasteiger partial charge >= 0.3 is 0 Å². The minimum Gasteiger partial charge on any atom is -0.497 e. The first kappa shape index (κ1) is 12.2. The van der Waals surface area contributed by atoms with Crippen LogP contribution in [0.1, 0.15) is 24.5 Å². The second-order valence-corrected chi connectivity index (χ2v) is 5.03. The zero-order chi connectivity index (χ0) is 13.2. The van der Waals surface area contributed by atoms with E-state index in [1.54, 1.807) is 7.11 Å². The molecule has 0 spiro atoms. The molecular formula is C15H18N2O2. The molecule has 0 unspecified atom stereocenters. The number of hydrogen-bond donors (Lipinski definition) is 2. The molecule has 19 heavy (non-hydrogen) atoms. The second kappa shape index (κ2) is 5.05. The predicted molar refractivity (Wildman–Crippen MR) is 76.0 cm³/mol. The Morgan fingerprint density at radius 1 is 1.21 bits per heavy atom. The van der Waals surface area contributed by atoms with Crippen molar-refractivity contribution in [2.45, 2.75) is 18.8 Å². The fourth-order valence-electron chi connectivity index (χ4n) is 2.75. The van der Waals surface area contributed by atoms with E-state index in [1.165, 1.54) is 0 Å². The number of H-pyrrole nitrogens is 1. The van der Waals surface area contributed by atoms with E-state index in [-0.39, 0.29) is 5.56 Å². The van der Waals surface area contributed by atoms with Gasteiger partial charge in [-0.25, -0.2) is 0 Å². The predicted octanol–water partition coefficient (Wildman–Crippen LogP) is 2.00. The largest absolute Gasteiger partial charge is 0.497 e. The lowest BCUT2D eigenvalue weighted by atomic mass is 9.93. The first-order chi connectivity index (χ1) is 9.28. The Morgan fingerprint density at radius 2 is 2.00 bits per heavy atom. The molecule has 0 bridgehead atoms. The monoisotopic (exact) mass is 258 g/mol. The lowest BCUT2D eigenvalue weighted by molar-refractivity contribution is 0.415. The number of ether oxygens (including phenoxy) is 1. The van der Waals surface area contributed by atoms with Crippen molar-refractivity contribution in [3.63, 3.8) is 0 Å². The molecule has 3 rings (SSSR count). The van der Waals surface area contributed by atoms with E-state index in [0.29, 0.717) is 5.92 Å². The summed E-state index contributed by atoms with van der Waals surface area (Å²) in [6.07, 6.45) is 2.15. The van der Waals surface area contributed by atoms with Crippen LogP contribution in [0.3, 0.4) is 0 Å². The van der Waals surface area contributed by atoms with Crippen molar-refractivity contribution in [1.29, 1.82) is 0 Å². The molecule has 0 atom stereocenters. The highest BCUT2D eigenvalue weighted by Crippen LogP contribution is 2.26. The summed E-state index contributed by atoms with van der Waals surface area (Å²) in [5, 5.41) is 5.02. The minimum atomic E-state index is -0.00585. The van der Waals surface area contributed by atoms with Crippen LogP contribution < -0.4 is 15.6 Å². The topological polar surface area (TPSA) is 54.1 Å². The molecule has 1 aromatic carbocycles. The van der Waals surface area contributed by atoms with Crippen LogP contribution in [0.4, 0.5) is 0 Å². The summed E-state index contributed by atoms with van der Waals surface area (Å²) in [6, 6.07) is 7.66. The number of nitrogens with one attached hydrogen (secondary N) is 2. The molecule has 0 amide bonds. The van der Waals surface area contributed by atoms with Gasteiger partial charge < -0.3 is 15.0 Å². The average Bonchev–Trinajstić information content (AvgIpc) is 2.47. The van der Waals surface area contributed by atoms with Crippen molar-refractivity contribution in [1.82, 2.24) is 10.3 Å². The highest BCUT2D eigenvalue weighted by Gasteiger charge is 2.17. The van der Waals surface area contributed by atoms with Crippen LogP contribution in [-0.4, -0.2) is 25.2 Å². The number of hydrogen-bond acceptors (Lipinski definition) is 3. The van der Waals surface area contributed by atoms with Crippen LogP contribution >= 0.6 is 0 Å². The van der Waals surface area contributed by atoms with Crippen LogP contribution in [0.2, 0.25) is 0 Å². The summed E-state index contributed by atoms with van der Waals surface area (Å²) in [6.45, 7) is 2.03. The van der Waals surface area contributed by atoms with Gasteiger partial charge in [0, 0.05) is 17.0 Å². The zero-order valence-corrected chi connectivity index (χ0v) is 11.0. The maximum Gasteiger partial charge on any atom is 0.256 e. The van der Waals surface area contributed by atoms with Crippen molar-refractivity contribution in [2.24, 2.45) is 0 Å². The molecule has 2 aromatic rings. The first-order valence-electron chi connectivity index (χ1n) is 6.69. The van der Waals surface area contributed by atoms with Gasteiger partial charge in [-0.3, -0.25) is 4.79 Å². The number of aromatic nitrogens is 1. The van der Waals surface area contributed by atoms with Crippen molar-refractivity contribution in [3.05, 3.63) is 40.3 Å². The van der Waals surface area contributed by atoms with E-state index >= 15 is 0 Å². The Balaban J connectivity index is 2.08. The Kier molecular flexibility index (Phi) is 3.25. The van der Waals surface area contributed by atoms with Crippen LogP contribution in [0.15, 0.2) is 29.1 Å². The van der Waals surface area contributed by atoms with Crippen LogP contribution in [0, 0.1) is 0 Å². The molecule has 4 heteroatoms. The van der Waals surface area contributed by atoms with Gasteiger partial charge in [-0.2, -0.15) is 0 Å². The maximum atomic E-state index is 12.1. The summed E-state index contributed by atoms with van der Waals surface area (Å²) in [5.74, 6) is 1.24. The number of piperidine rings is 1. The summed E-state index contributed by atoms with van der Waals surface area (Å²) in [7, 11) is 1.64. The van der Waals surface area contributed by atoms with Gasteiger partial charge in [0.15, 0.2) is 0 Å². The number of methoxy groups -OCH3 is 1. The molecule has 100 valence electrons. The lowest BCUT2D eigenvalue weighted by Gasteiger charge is -2.22. The van der Waals surface area contributed by atoms with Crippen LogP contribution in [0.5, 0.6) is 5.75 Å². The van der Waals surface area contributed by atoms with E-state index in [1.807, 2.05) is 18.2 Å². The summed E-state index contributed by atoms with van der Waals surface area (Å²) >= 11 is 0. The van der Waals surface area contributed by atoms with Gasteiger partial charge in [0.1, 0.15) is 5.75 Å². The van der Waals surface area contributed by atoms with Gasteiger partial charge in [-0.1, -0.05) is 0 Å². The van der Waals surface area contributed by atoms with E-state index in [9.17, 15) is 4.79 Å². The van der Waals surface area contributed by atoms with Gasteiger partial charge in [0.25, 0.3) is 5.56 Å². The standard InChI is InChI=1S/C15H18N2O2/c1-19-12-2-3-13-11(8-12)9-14(17-15(13)18)10-4-6-16-7-5-10/h2-3,8-10,16H,4-7H2,1H3,(H,17,18). The maximum absolute atomic E-state index is 12.1. The highest BCUT2D eigenvalue weighted by atomic mass is 16.5. The van der Waals surface area contributed by atoms with E-state index in [2.05, 4.69) is 16.4 Å². The number of rotatable bonds is 2. The van der Waals surface area contributed by atoms with Crippen molar-refractivity contribution < 1.29 is 4.74 Å². The Labute approximate surface area is 111 Å². The number of pyridine rings is 1. The molecule has 4 nitrogen and oxygen atoms in total. The minimum absolute atomic E-state index is 0.00585. The van der Waals surface area contributed by atoms with E-state index in [4.69, 9.17) is 4.74 Å². The molecule has 2 N–H and O–H groups in total. The van der Waals surface area contributed by atoms with Gasteiger partial charge in [-0.15, -0.1) is 0 Å². The Hall–Kier alpha value is -1.81. The summed E-state index contributed by atoms with van der Waals surface area (Å²) < 4.78 is 5.23. The normalized spacial score (nSPS) is 16.7. The lowest BCUT2D eigenvalue weighted by Crippen LogP contribution is -2.27. The number of benzene rings is 1. The van der Waals surface area contributed by atoms with Gasteiger partial charge in [-0.05, 0) is 55.6 Å². The van der Waals surface area contributed by atoms with Crippen LogP contribution in [0.25, 0.3) is 10.8 Å². The number of fused-ring (bicyclic) bond motifs is 1. The molecule has 1 aliphatic rings. The summed E-state index contributed by atoms with van der Waals surface area (Å²) in [5.41, 5.74) is 1.04. The Bertz CT molecular complexity index is 642. The van der Waals surface area contributed by atoms with Crippen LogP contribution in [-0.2, 0) is 0 Å². The first-order valence-corrected chi connectivity index (χ1v) is 6.69.